The molecule has 0 aliphatic rings. The summed E-state index contributed by atoms with van der Waals surface area (Å²) in [5, 5.41) is 4.34. The van der Waals surface area contributed by atoms with Crippen LogP contribution in [0.5, 0.6) is 0 Å². The van der Waals surface area contributed by atoms with E-state index >= 15 is 0 Å². The van der Waals surface area contributed by atoms with Crippen LogP contribution < -0.4 is 0 Å². The molecule has 3 nitrogen and oxygen atoms in total. The normalized spacial score (nSPS) is 10.1. The first-order valence-electron chi connectivity index (χ1n) is 3.49. The first-order chi connectivity index (χ1) is 5.88. The molecule has 0 aliphatic carbocycles. The highest BCUT2D eigenvalue weighted by Gasteiger charge is 2.00. The molecule has 1 heterocycles. The number of halogens is 1. The molecule has 2 aromatic rings. The van der Waals surface area contributed by atoms with Crippen molar-refractivity contribution in [2.75, 3.05) is 0 Å². The quantitative estimate of drug-likeness (QED) is 0.670. The van der Waals surface area contributed by atoms with Crippen LogP contribution in [-0.2, 0) is 0 Å². The Hall–Kier alpha value is -1.35. The fraction of sp³-hybridized carbons (Fsp3) is 0. The van der Waals surface area contributed by atoms with Crippen LogP contribution in [-0.4, -0.2) is 14.8 Å². The van der Waals surface area contributed by atoms with Crippen molar-refractivity contribution in [1.82, 2.24) is 14.8 Å². The lowest BCUT2D eigenvalue weighted by atomic mass is 10.3. The number of rotatable bonds is 1. The van der Waals surface area contributed by atoms with Crippen LogP contribution in [0.3, 0.4) is 0 Å². The van der Waals surface area contributed by atoms with Gasteiger partial charge in [0.15, 0.2) is 0 Å². The monoisotopic (exact) mass is 179 g/mol. The minimum atomic E-state index is 0.376. The second-order valence-electron chi connectivity index (χ2n) is 2.28. The molecule has 0 radical (unpaired) electrons. The molecule has 0 unspecified atom stereocenters. The maximum atomic E-state index is 5.76. The van der Waals surface area contributed by atoms with Crippen molar-refractivity contribution in [2.24, 2.45) is 0 Å². The van der Waals surface area contributed by atoms with Gasteiger partial charge < -0.3 is 0 Å². The molecule has 0 saturated carbocycles. The van der Waals surface area contributed by atoms with E-state index in [0.717, 1.165) is 5.69 Å². The first kappa shape index (κ1) is 7.31. The van der Waals surface area contributed by atoms with Gasteiger partial charge in [0.2, 0.25) is 5.28 Å². The summed E-state index contributed by atoms with van der Waals surface area (Å²) in [6, 6.07) is 9.62. The van der Waals surface area contributed by atoms with Gasteiger partial charge in [-0.1, -0.05) is 18.2 Å². The molecule has 0 amide bonds. The molecule has 4 heteroatoms. The van der Waals surface area contributed by atoms with E-state index in [1.165, 1.54) is 6.33 Å². The zero-order chi connectivity index (χ0) is 8.39. The van der Waals surface area contributed by atoms with E-state index in [1.54, 1.807) is 4.68 Å². The molecule has 0 atom stereocenters. The zero-order valence-corrected chi connectivity index (χ0v) is 6.94. The standard InChI is InChI=1S/C8H6ClN3/c9-8-10-6-11-12(8)7-4-2-1-3-5-7/h1-6H. The predicted octanol–water partition coefficient (Wildman–Crippen LogP) is 1.92. The van der Waals surface area contributed by atoms with Gasteiger partial charge in [-0.3, -0.25) is 0 Å². The number of hydrogen-bond acceptors (Lipinski definition) is 2. The SMILES string of the molecule is Clc1ncnn1-c1ccccc1. The van der Waals surface area contributed by atoms with E-state index in [-0.39, 0.29) is 0 Å². The van der Waals surface area contributed by atoms with Gasteiger partial charge in [0.1, 0.15) is 6.33 Å². The van der Waals surface area contributed by atoms with Crippen LogP contribution in [0.4, 0.5) is 0 Å². The molecule has 1 aromatic carbocycles. The lowest BCUT2D eigenvalue weighted by molar-refractivity contribution is 0.880. The molecule has 0 spiro atoms. The third-order valence-corrected chi connectivity index (χ3v) is 1.76. The Morgan fingerprint density at radius 2 is 1.92 bits per heavy atom. The molecule has 12 heavy (non-hydrogen) atoms. The lowest BCUT2D eigenvalue weighted by Crippen LogP contribution is -1.94. The summed E-state index contributed by atoms with van der Waals surface area (Å²) < 4.78 is 1.57. The average molecular weight is 180 g/mol. The Morgan fingerprint density at radius 1 is 1.17 bits per heavy atom. The Bertz CT molecular complexity index is 369. The number of hydrogen-bond donors (Lipinski definition) is 0. The van der Waals surface area contributed by atoms with Crippen molar-refractivity contribution < 1.29 is 0 Å². The molecule has 2 rings (SSSR count). The molecule has 0 bridgehead atoms. The van der Waals surface area contributed by atoms with Crippen molar-refractivity contribution in [1.29, 1.82) is 0 Å². The summed E-state index contributed by atoms with van der Waals surface area (Å²) in [7, 11) is 0. The minimum absolute atomic E-state index is 0.376. The summed E-state index contributed by atoms with van der Waals surface area (Å²) in [5.41, 5.74) is 0.917. The van der Waals surface area contributed by atoms with Crippen LogP contribution in [0.25, 0.3) is 5.69 Å². The summed E-state index contributed by atoms with van der Waals surface area (Å²) in [5.74, 6) is 0. The van der Waals surface area contributed by atoms with Crippen molar-refractivity contribution in [3.8, 4) is 5.69 Å². The van der Waals surface area contributed by atoms with Crippen LogP contribution in [0, 0.1) is 0 Å². The number of benzene rings is 1. The molecule has 1 aromatic heterocycles. The van der Waals surface area contributed by atoms with Gasteiger partial charge in [-0.2, -0.15) is 5.10 Å². The average Bonchev–Trinajstić information content (AvgIpc) is 2.53. The molecule has 0 N–H and O–H groups in total. The Balaban J connectivity index is 2.51. The van der Waals surface area contributed by atoms with E-state index in [1.807, 2.05) is 30.3 Å². The number of nitrogens with zero attached hydrogens (tertiary/aromatic N) is 3. The van der Waals surface area contributed by atoms with Crippen molar-refractivity contribution >= 4 is 11.6 Å². The van der Waals surface area contributed by atoms with Gasteiger partial charge in [0.05, 0.1) is 5.69 Å². The Morgan fingerprint density at radius 3 is 2.50 bits per heavy atom. The fourth-order valence-corrected chi connectivity index (χ4v) is 1.15. The summed E-state index contributed by atoms with van der Waals surface area (Å²) in [4.78, 5) is 3.81. The van der Waals surface area contributed by atoms with Crippen LogP contribution in [0.15, 0.2) is 36.7 Å². The second kappa shape index (κ2) is 2.95. The van der Waals surface area contributed by atoms with Gasteiger partial charge in [-0.25, -0.2) is 9.67 Å². The molecular formula is C8H6ClN3. The van der Waals surface area contributed by atoms with E-state index in [9.17, 15) is 0 Å². The van der Waals surface area contributed by atoms with Crippen LogP contribution in [0.1, 0.15) is 0 Å². The third-order valence-electron chi connectivity index (χ3n) is 1.51. The Kier molecular flexibility index (Phi) is 1.80. The number of aromatic nitrogens is 3. The topological polar surface area (TPSA) is 30.7 Å². The van der Waals surface area contributed by atoms with E-state index in [2.05, 4.69) is 10.1 Å². The highest BCUT2D eigenvalue weighted by atomic mass is 35.5. The molecular weight excluding hydrogens is 174 g/mol. The highest BCUT2D eigenvalue weighted by Crippen LogP contribution is 2.10. The van der Waals surface area contributed by atoms with Crippen LogP contribution >= 0.6 is 11.6 Å². The molecule has 0 aliphatic heterocycles. The van der Waals surface area contributed by atoms with Crippen molar-refractivity contribution in [3.63, 3.8) is 0 Å². The smallest absolute Gasteiger partial charge is 0.204 e. The molecule has 0 saturated heterocycles. The zero-order valence-electron chi connectivity index (χ0n) is 6.18. The van der Waals surface area contributed by atoms with Gasteiger partial charge in [0, 0.05) is 0 Å². The highest BCUT2D eigenvalue weighted by molar-refractivity contribution is 6.28. The fourth-order valence-electron chi connectivity index (χ4n) is 0.970. The van der Waals surface area contributed by atoms with Crippen molar-refractivity contribution in [3.05, 3.63) is 41.9 Å². The van der Waals surface area contributed by atoms with E-state index < -0.39 is 0 Å². The van der Waals surface area contributed by atoms with Crippen molar-refractivity contribution in [2.45, 2.75) is 0 Å². The lowest BCUT2D eigenvalue weighted by Gasteiger charge is -1.99. The van der Waals surface area contributed by atoms with E-state index in [0.29, 0.717) is 5.28 Å². The maximum absolute atomic E-state index is 5.76. The third kappa shape index (κ3) is 1.19. The van der Waals surface area contributed by atoms with Gasteiger partial charge in [-0.05, 0) is 23.7 Å². The summed E-state index contributed by atoms with van der Waals surface area (Å²) in [6.45, 7) is 0. The summed E-state index contributed by atoms with van der Waals surface area (Å²) >= 11 is 5.76. The first-order valence-corrected chi connectivity index (χ1v) is 3.86. The number of para-hydroxylation sites is 1. The van der Waals surface area contributed by atoms with Crippen LogP contribution in [0.2, 0.25) is 5.28 Å². The van der Waals surface area contributed by atoms with Gasteiger partial charge in [-0.15, -0.1) is 0 Å². The van der Waals surface area contributed by atoms with E-state index in [4.69, 9.17) is 11.6 Å². The van der Waals surface area contributed by atoms with Gasteiger partial charge >= 0.3 is 0 Å². The Labute approximate surface area is 74.6 Å². The molecule has 60 valence electrons. The minimum Gasteiger partial charge on any atom is -0.204 e. The summed E-state index contributed by atoms with van der Waals surface area (Å²) in [6.07, 6.45) is 1.43. The predicted molar refractivity (Wildman–Crippen MR) is 46.4 cm³/mol. The maximum Gasteiger partial charge on any atom is 0.225 e. The largest absolute Gasteiger partial charge is 0.225 e. The van der Waals surface area contributed by atoms with Gasteiger partial charge in [0.25, 0.3) is 0 Å². The second-order valence-corrected chi connectivity index (χ2v) is 2.61. The molecule has 0 fully saturated rings.